The number of aromatic nitrogens is 2. The number of amides is 1. The Morgan fingerprint density at radius 3 is 2.78 bits per heavy atom. The molecule has 1 atom stereocenters. The second-order valence-corrected chi connectivity index (χ2v) is 4.59. The molecule has 0 spiro atoms. The highest BCUT2D eigenvalue weighted by Crippen LogP contribution is 2.12. The Kier molecular flexibility index (Phi) is 5.63. The van der Waals surface area contributed by atoms with Gasteiger partial charge in [0.25, 0.3) is 0 Å². The van der Waals surface area contributed by atoms with Crippen LogP contribution in [0.5, 0.6) is 0 Å². The van der Waals surface area contributed by atoms with Crippen LogP contribution in [-0.4, -0.2) is 38.9 Å². The lowest BCUT2D eigenvalue weighted by atomic mass is 10.3. The van der Waals surface area contributed by atoms with Crippen molar-refractivity contribution in [1.29, 1.82) is 0 Å². The van der Waals surface area contributed by atoms with Gasteiger partial charge >= 0.3 is 5.97 Å². The van der Waals surface area contributed by atoms with E-state index in [9.17, 15) is 9.59 Å². The van der Waals surface area contributed by atoms with Gasteiger partial charge in [0.05, 0.1) is 5.75 Å². The maximum atomic E-state index is 10.8. The van der Waals surface area contributed by atoms with E-state index < -0.39 is 12.0 Å². The minimum absolute atomic E-state index is 0.249. The molecule has 0 saturated heterocycles. The number of aliphatic carboxylic acids is 1. The highest BCUT2D eigenvalue weighted by Gasteiger charge is 2.18. The summed E-state index contributed by atoms with van der Waals surface area (Å²) in [6.45, 7) is 3.20. The molecule has 0 saturated carbocycles. The van der Waals surface area contributed by atoms with Gasteiger partial charge in [-0.05, 0) is 0 Å². The van der Waals surface area contributed by atoms with Crippen molar-refractivity contribution in [3.05, 3.63) is 11.7 Å². The monoisotopic (exact) mass is 273 g/mol. The van der Waals surface area contributed by atoms with Crippen LogP contribution in [0.15, 0.2) is 4.52 Å². The number of carbonyl (C=O) groups excluding carboxylic acids is 1. The third-order valence-corrected chi connectivity index (χ3v) is 3.03. The lowest BCUT2D eigenvalue weighted by Gasteiger charge is -2.11. The van der Waals surface area contributed by atoms with E-state index in [4.69, 9.17) is 9.63 Å². The van der Waals surface area contributed by atoms with Crippen LogP contribution in [0, 0.1) is 0 Å². The van der Waals surface area contributed by atoms with E-state index in [-0.39, 0.29) is 11.7 Å². The maximum absolute atomic E-state index is 10.8. The van der Waals surface area contributed by atoms with Crippen molar-refractivity contribution in [2.24, 2.45) is 0 Å². The Balaban J connectivity index is 2.38. The standard InChI is InChI=1S/C10H15N3O4S/c1-3-8-12-9(17-13-8)5-18-4-7(10(15)16)11-6(2)14/h7H,3-5H2,1-2H3,(H,11,14)(H,15,16). The molecule has 1 unspecified atom stereocenters. The number of hydrogen-bond donors (Lipinski definition) is 2. The number of carboxylic acids is 1. The molecular weight excluding hydrogens is 258 g/mol. The summed E-state index contributed by atoms with van der Waals surface area (Å²) in [6.07, 6.45) is 0.692. The first-order valence-electron chi connectivity index (χ1n) is 5.42. The average Bonchev–Trinajstić information content (AvgIpc) is 2.75. The zero-order valence-electron chi connectivity index (χ0n) is 10.2. The van der Waals surface area contributed by atoms with Crippen LogP contribution in [0.2, 0.25) is 0 Å². The lowest BCUT2D eigenvalue weighted by Crippen LogP contribution is -2.41. The zero-order chi connectivity index (χ0) is 13.5. The summed E-state index contributed by atoms with van der Waals surface area (Å²) in [5, 5.41) is 15.0. The second kappa shape index (κ2) is 7.00. The Morgan fingerprint density at radius 1 is 1.56 bits per heavy atom. The highest BCUT2D eigenvalue weighted by molar-refractivity contribution is 7.98. The molecule has 0 aliphatic carbocycles. The fraction of sp³-hybridized carbons (Fsp3) is 0.600. The number of aryl methyl sites for hydroxylation is 1. The van der Waals surface area contributed by atoms with Crippen LogP contribution in [-0.2, 0) is 21.8 Å². The van der Waals surface area contributed by atoms with Crippen molar-refractivity contribution in [3.63, 3.8) is 0 Å². The van der Waals surface area contributed by atoms with Crippen molar-refractivity contribution in [1.82, 2.24) is 15.5 Å². The quantitative estimate of drug-likeness (QED) is 0.743. The van der Waals surface area contributed by atoms with Crippen molar-refractivity contribution in [2.75, 3.05) is 5.75 Å². The van der Waals surface area contributed by atoms with E-state index in [1.165, 1.54) is 18.7 Å². The molecule has 8 heteroatoms. The molecule has 0 aliphatic heterocycles. The lowest BCUT2D eigenvalue weighted by molar-refractivity contribution is -0.140. The van der Waals surface area contributed by atoms with Gasteiger partial charge in [0.15, 0.2) is 5.82 Å². The van der Waals surface area contributed by atoms with Gasteiger partial charge in [0.1, 0.15) is 6.04 Å². The molecule has 1 aromatic rings. The summed E-state index contributed by atoms with van der Waals surface area (Å²) in [6, 6.07) is -0.902. The summed E-state index contributed by atoms with van der Waals surface area (Å²) < 4.78 is 4.96. The average molecular weight is 273 g/mol. The molecule has 7 nitrogen and oxygen atoms in total. The van der Waals surface area contributed by atoms with Crippen LogP contribution in [0.1, 0.15) is 25.6 Å². The number of nitrogens with zero attached hydrogens (tertiary/aromatic N) is 2. The summed E-state index contributed by atoms with van der Waals surface area (Å²) in [4.78, 5) is 25.8. The van der Waals surface area contributed by atoms with E-state index in [1.54, 1.807) is 0 Å². The van der Waals surface area contributed by atoms with E-state index in [1.807, 2.05) is 6.92 Å². The first kappa shape index (κ1) is 14.5. The van der Waals surface area contributed by atoms with Crippen LogP contribution in [0.3, 0.4) is 0 Å². The number of carbonyl (C=O) groups is 2. The summed E-state index contributed by atoms with van der Waals surface area (Å²) in [5.74, 6) is 0.340. The fourth-order valence-corrected chi connectivity index (χ4v) is 2.05. The molecular formula is C10H15N3O4S. The molecule has 1 rings (SSSR count). The van der Waals surface area contributed by atoms with Crippen molar-refractivity contribution in [2.45, 2.75) is 32.1 Å². The van der Waals surface area contributed by atoms with E-state index in [0.29, 0.717) is 23.9 Å². The molecule has 0 aromatic carbocycles. The zero-order valence-corrected chi connectivity index (χ0v) is 11.0. The minimum Gasteiger partial charge on any atom is -0.480 e. The summed E-state index contributed by atoms with van der Waals surface area (Å²) in [7, 11) is 0. The smallest absolute Gasteiger partial charge is 0.327 e. The summed E-state index contributed by atoms with van der Waals surface area (Å²) in [5.41, 5.74) is 0. The van der Waals surface area contributed by atoms with Crippen molar-refractivity contribution >= 4 is 23.6 Å². The van der Waals surface area contributed by atoms with E-state index >= 15 is 0 Å². The minimum atomic E-state index is -1.06. The van der Waals surface area contributed by atoms with Gasteiger partial charge < -0.3 is 14.9 Å². The molecule has 0 bridgehead atoms. The van der Waals surface area contributed by atoms with Crippen LogP contribution >= 0.6 is 11.8 Å². The molecule has 1 heterocycles. The van der Waals surface area contributed by atoms with Crippen LogP contribution in [0.4, 0.5) is 0 Å². The third kappa shape index (κ3) is 4.74. The molecule has 100 valence electrons. The van der Waals surface area contributed by atoms with Gasteiger partial charge in [-0.3, -0.25) is 4.79 Å². The predicted molar refractivity (Wildman–Crippen MR) is 65.1 cm³/mol. The third-order valence-electron chi connectivity index (χ3n) is 2.01. The maximum Gasteiger partial charge on any atom is 0.327 e. The van der Waals surface area contributed by atoms with Gasteiger partial charge in [0, 0.05) is 19.1 Å². The number of thioether (sulfide) groups is 1. The van der Waals surface area contributed by atoms with Gasteiger partial charge in [-0.25, -0.2) is 4.79 Å². The molecule has 1 amide bonds. The summed E-state index contributed by atoms with van der Waals surface area (Å²) >= 11 is 1.32. The largest absolute Gasteiger partial charge is 0.480 e. The number of carboxylic acid groups (broad SMARTS) is 1. The molecule has 2 N–H and O–H groups in total. The van der Waals surface area contributed by atoms with E-state index in [0.717, 1.165) is 0 Å². The van der Waals surface area contributed by atoms with Gasteiger partial charge in [0.2, 0.25) is 11.8 Å². The van der Waals surface area contributed by atoms with Crippen molar-refractivity contribution in [3.8, 4) is 0 Å². The predicted octanol–water partition coefficient (Wildman–Crippen LogP) is 0.454. The number of nitrogens with one attached hydrogen (secondary N) is 1. The SMILES string of the molecule is CCc1noc(CSCC(NC(C)=O)C(=O)O)n1. The van der Waals surface area contributed by atoms with E-state index in [2.05, 4.69) is 15.5 Å². The van der Waals surface area contributed by atoms with Gasteiger partial charge in [-0.1, -0.05) is 12.1 Å². The topological polar surface area (TPSA) is 105 Å². The second-order valence-electron chi connectivity index (χ2n) is 3.56. The number of hydrogen-bond acceptors (Lipinski definition) is 6. The molecule has 0 radical (unpaired) electrons. The normalized spacial score (nSPS) is 12.1. The molecule has 0 aliphatic rings. The van der Waals surface area contributed by atoms with Crippen molar-refractivity contribution < 1.29 is 19.2 Å². The van der Waals surface area contributed by atoms with Gasteiger partial charge in [-0.15, -0.1) is 11.8 Å². The first-order chi connectivity index (χ1) is 8.52. The van der Waals surface area contributed by atoms with Crippen LogP contribution < -0.4 is 5.32 Å². The van der Waals surface area contributed by atoms with Crippen LogP contribution in [0.25, 0.3) is 0 Å². The Bertz CT molecular complexity index is 421. The fourth-order valence-electron chi connectivity index (χ4n) is 1.18. The Morgan fingerprint density at radius 2 is 2.28 bits per heavy atom. The number of rotatable bonds is 7. The van der Waals surface area contributed by atoms with Gasteiger partial charge in [-0.2, -0.15) is 4.98 Å². The first-order valence-corrected chi connectivity index (χ1v) is 6.57. The molecule has 18 heavy (non-hydrogen) atoms. The Hall–Kier alpha value is -1.57. The molecule has 0 fully saturated rings. The highest BCUT2D eigenvalue weighted by atomic mass is 32.2. The molecule has 1 aromatic heterocycles. The Labute approximate surface area is 108 Å².